The second-order valence-corrected chi connectivity index (χ2v) is 5.26. The molecule has 1 N–H and O–H groups in total. The summed E-state index contributed by atoms with van der Waals surface area (Å²) in [7, 11) is 5.55. The van der Waals surface area contributed by atoms with E-state index in [0.717, 1.165) is 11.3 Å². The Labute approximate surface area is 135 Å². The quantitative estimate of drug-likeness (QED) is 0.625. The number of methoxy groups -OCH3 is 1. The molecule has 2 rings (SSSR count). The molecule has 0 aliphatic heterocycles. The van der Waals surface area contributed by atoms with Gasteiger partial charge in [0.15, 0.2) is 0 Å². The molecule has 1 aromatic carbocycles. The van der Waals surface area contributed by atoms with E-state index in [1.54, 1.807) is 13.2 Å². The average Bonchev–Trinajstić information content (AvgIpc) is 2.55. The number of hydrogen-bond donors (Lipinski definition) is 1. The second-order valence-electron chi connectivity index (χ2n) is 5.26. The Kier molecular flexibility index (Phi) is 5.48. The number of nitrogens with zero attached hydrogens (tertiary/aromatic N) is 3. The van der Waals surface area contributed by atoms with Crippen LogP contribution in [0.15, 0.2) is 42.6 Å². The number of nitro groups is 1. The van der Waals surface area contributed by atoms with E-state index in [-0.39, 0.29) is 17.5 Å². The summed E-state index contributed by atoms with van der Waals surface area (Å²) in [4.78, 5) is 16.7. The maximum absolute atomic E-state index is 11.0. The van der Waals surface area contributed by atoms with Crippen LogP contribution in [0.25, 0.3) is 0 Å². The van der Waals surface area contributed by atoms with E-state index < -0.39 is 4.92 Å². The Bertz CT molecular complexity index is 659. The summed E-state index contributed by atoms with van der Waals surface area (Å²) in [6, 6.07) is 10.8. The molecule has 0 saturated carbocycles. The van der Waals surface area contributed by atoms with Gasteiger partial charge in [0.1, 0.15) is 5.75 Å². The van der Waals surface area contributed by atoms with E-state index in [0.29, 0.717) is 6.54 Å². The van der Waals surface area contributed by atoms with Gasteiger partial charge in [0.2, 0.25) is 5.82 Å². The van der Waals surface area contributed by atoms with Gasteiger partial charge in [-0.25, -0.2) is 4.98 Å². The van der Waals surface area contributed by atoms with E-state index in [2.05, 4.69) is 10.3 Å². The molecule has 0 radical (unpaired) electrons. The monoisotopic (exact) mass is 316 g/mol. The summed E-state index contributed by atoms with van der Waals surface area (Å²) in [6.45, 7) is 0.497. The Hall–Kier alpha value is -2.67. The molecule has 122 valence electrons. The third-order valence-electron chi connectivity index (χ3n) is 3.57. The maximum atomic E-state index is 11.0. The largest absolute Gasteiger partial charge is 0.497 e. The third kappa shape index (κ3) is 4.17. The highest BCUT2D eigenvalue weighted by Gasteiger charge is 2.18. The number of pyridine rings is 1. The molecule has 23 heavy (non-hydrogen) atoms. The number of anilines is 1. The summed E-state index contributed by atoms with van der Waals surface area (Å²) in [5, 5.41) is 14.1. The van der Waals surface area contributed by atoms with Crippen molar-refractivity contribution in [3.8, 4) is 5.75 Å². The van der Waals surface area contributed by atoms with Crippen molar-refractivity contribution >= 4 is 11.5 Å². The minimum absolute atomic E-state index is 0.0280. The van der Waals surface area contributed by atoms with Crippen LogP contribution in [-0.2, 0) is 0 Å². The molecule has 7 heteroatoms. The van der Waals surface area contributed by atoms with Crippen LogP contribution in [0.3, 0.4) is 0 Å². The van der Waals surface area contributed by atoms with Crippen molar-refractivity contribution in [2.45, 2.75) is 6.04 Å². The van der Waals surface area contributed by atoms with Gasteiger partial charge >= 0.3 is 5.69 Å². The number of benzene rings is 1. The first-order chi connectivity index (χ1) is 11.0. The molecule has 1 heterocycles. The van der Waals surface area contributed by atoms with E-state index in [1.165, 1.54) is 12.3 Å². The summed E-state index contributed by atoms with van der Waals surface area (Å²) in [6.07, 6.45) is 1.54. The molecule has 0 aliphatic carbocycles. The van der Waals surface area contributed by atoms with Crippen LogP contribution in [-0.4, -0.2) is 42.6 Å². The Balaban J connectivity index is 2.16. The molecule has 0 fully saturated rings. The molecule has 0 aliphatic rings. The number of ether oxygens (including phenoxy) is 1. The van der Waals surface area contributed by atoms with Gasteiger partial charge in [-0.05, 0) is 37.9 Å². The number of rotatable bonds is 7. The zero-order valence-electron chi connectivity index (χ0n) is 13.4. The summed E-state index contributed by atoms with van der Waals surface area (Å²) >= 11 is 0. The van der Waals surface area contributed by atoms with Gasteiger partial charge in [-0.2, -0.15) is 0 Å². The molecule has 1 atom stereocenters. The first-order valence-corrected chi connectivity index (χ1v) is 7.16. The molecule has 1 aromatic heterocycles. The zero-order valence-corrected chi connectivity index (χ0v) is 13.4. The zero-order chi connectivity index (χ0) is 16.8. The number of hydrogen-bond acceptors (Lipinski definition) is 6. The van der Waals surface area contributed by atoms with Crippen molar-refractivity contribution in [1.82, 2.24) is 9.88 Å². The van der Waals surface area contributed by atoms with Crippen molar-refractivity contribution in [2.24, 2.45) is 0 Å². The standard InChI is InChI=1S/C16H20N4O3/c1-19(2)15(12-6-8-13(23-3)9-7-12)11-18-16-14(20(21)22)5-4-10-17-16/h4-10,15H,11H2,1-3H3,(H,17,18). The summed E-state index contributed by atoms with van der Waals surface area (Å²) in [5.41, 5.74) is 1.06. The van der Waals surface area contributed by atoms with E-state index in [1.807, 2.05) is 43.3 Å². The van der Waals surface area contributed by atoms with Gasteiger partial charge in [0.25, 0.3) is 0 Å². The highest BCUT2D eigenvalue weighted by Crippen LogP contribution is 2.24. The molecular weight excluding hydrogens is 296 g/mol. The van der Waals surface area contributed by atoms with Crippen molar-refractivity contribution in [1.29, 1.82) is 0 Å². The molecule has 0 saturated heterocycles. The molecule has 0 amide bonds. The van der Waals surface area contributed by atoms with Gasteiger partial charge in [0, 0.05) is 18.8 Å². The van der Waals surface area contributed by atoms with E-state index in [4.69, 9.17) is 4.74 Å². The van der Waals surface area contributed by atoms with Crippen LogP contribution in [0.2, 0.25) is 0 Å². The SMILES string of the molecule is COc1ccc(C(CNc2ncccc2[N+](=O)[O-])N(C)C)cc1. The lowest BCUT2D eigenvalue weighted by atomic mass is 10.1. The summed E-state index contributed by atoms with van der Waals surface area (Å²) in [5.74, 6) is 1.07. The number of nitrogens with one attached hydrogen (secondary N) is 1. The summed E-state index contributed by atoms with van der Waals surface area (Å²) < 4.78 is 5.17. The van der Waals surface area contributed by atoms with Gasteiger partial charge in [-0.15, -0.1) is 0 Å². The van der Waals surface area contributed by atoms with Crippen LogP contribution in [0.5, 0.6) is 5.75 Å². The van der Waals surface area contributed by atoms with Crippen LogP contribution in [0, 0.1) is 10.1 Å². The minimum atomic E-state index is -0.437. The van der Waals surface area contributed by atoms with Crippen molar-refractivity contribution < 1.29 is 9.66 Å². The van der Waals surface area contributed by atoms with Gasteiger partial charge in [-0.3, -0.25) is 10.1 Å². The van der Waals surface area contributed by atoms with E-state index in [9.17, 15) is 10.1 Å². The highest BCUT2D eigenvalue weighted by molar-refractivity contribution is 5.55. The first kappa shape index (κ1) is 16.7. The lowest BCUT2D eigenvalue weighted by Crippen LogP contribution is -2.27. The number of aromatic nitrogens is 1. The lowest BCUT2D eigenvalue weighted by molar-refractivity contribution is -0.384. The fraction of sp³-hybridized carbons (Fsp3) is 0.312. The Morgan fingerprint density at radius 3 is 2.57 bits per heavy atom. The van der Waals surface area contributed by atoms with Crippen molar-refractivity contribution in [3.05, 3.63) is 58.3 Å². The van der Waals surface area contributed by atoms with Crippen molar-refractivity contribution in [3.63, 3.8) is 0 Å². The van der Waals surface area contributed by atoms with Crippen LogP contribution < -0.4 is 10.1 Å². The Morgan fingerprint density at radius 2 is 2.00 bits per heavy atom. The fourth-order valence-corrected chi connectivity index (χ4v) is 2.30. The molecule has 7 nitrogen and oxygen atoms in total. The fourth-order valence-electron chi connectivity index (χ4n) is 2.30. The van der Waals surface area contributed by atoms with Crippen LogP contribution in [0.4, 0.5) is 11.5 Å². The van der Waals surface area contributed by atoms with Crippen LogP contribution >= 0.6 is 0 Å². The molecule has 0 bridgehead atoms. The predicted molar refractivity (Wildman–Crippen MR) is 88.8 cm³/mol. The molecule has 0 spiro atoms. The van der Waals surface area contributed by atoms with Crippen molar-refractivity contribution in [2.75, 3.05) is 33.1 Å². The first-order valence-electron chi connectivity index (χ1n) is 7.16. The Morgan fingerprint density at radius 1 is 1.30 bits per heavy atom. The highest BCUT2D eigenvalue weighted by atomic mass is 16.6. The maximum Gasteiger partial charge on any atom is 0.311 e. The predicted octanol–water partition coefficient (Wildman–Crippen LogP) is 2.71. The van der Waals surface area contributed by atoms with Gasteiger partial charge in [-0.1, -0.05) is 12.1 Å². The average molecular weight is 316 g/mol. The van der Waals surface area contributed by atoms with Crippen LogP contribution in [0.1, 0.15) is 11.6 Å². The smallest absolute Gasteiger partial charge is 0.311 e. The lowest BCUT2D eigenvalue weighted by Gasteiger charge is -2.25. The number of likely N-dealkylation sites (N-methyl/N-ethyl adjacent to an activating group) is 1. The topological polar surface area (TPSA) is 80.5 Å². The second kappa shape index (κ2) is 7.55. The molecule has 1 unspecified atom stereocenters. The van der Waals surface area contributed by atoms with Gasteiger partial charge in [0.05, 0.1) is 18.1 Å². The van der Waals surface area contributed by atoms with Gasteiger partial charge < -0.3 is 15.0 Å². The van der Waals surface area contributed by atoms with E-state index >= 15 is 0 Å². The molecule has 2 aromatic rings. The minimum Gasteiger partial charge on any atom is -0.497 e. The third-order valence-corrected chi connectivity index (χ3v) is 3.57. The molecular formula is C16H20N4O3. The normalized spacial score (nSPS) is 12.0.